The Morgan fingerprint density at radius 2 is 0.941 bits per heavy atom. The molecule has 0 bridgehead atoms. The second-order valence-electron chi connectivity index (χ2n) is 17.7. The molecule has 0 spiro atoms. The molecule has 0 amide bonds. The summed E-state index contributed by atoms with van der Waals surface area (Å²) in [4.78, 5) is 3.61. The molecule has 68 heavy (non-hydrogen) atoms. The third kappa shape index (κ3) is 6.46. The lowest BCUT2D eigenvalue weighted by Gasteiger charge is -2.27. The molecular weight excluding hydrogens is 841 g/mol. The molecule has 320 valence electrons. The molecule has 0 fully saturated rings. The predicted molar refractivity (Wildman–Crippen MR) is 297 cm³/mol. The highest BCUT2D eigenvalue weighted by Crippen LogP contribution is 2.43. The number of thiophene rings is 1. The van der Waals surface area contributed by atoms with Crippen LogP contribution in [0.25, 0.3) is 115 Å². The van der Waals surface area contributed by atoms with Crippen LogP contribution in [-0.4, -0.2) is 4.57 Å². The lowest BCUT2D eigenvalue weighted by Crippen LogP contribution is -2.10. The van der Waals surface area contributed by atoms with Crippen molar-refractivity contribution in [3.8, 4) is 27.9 Å². The quantitative estimate of drug-likeness (QED) is 0.138. The maximum Gasteiger partial charge on any atom is 0.0541 e. The SMILES string of the molecule is C=Cc1sc2ccc(-c3ccc(N(c4ccc(-c5ccc6c(c5)c5ccccc5n6-c5ccc6ccccc6c5)cc4)c4ccc5c6ccccc6c6ccccc6c5c4)cc3)cc2c1/C=C\C. The first-order valence-electron chi connectivity index (χ1n) is 23.3. The Labute approximate surface area is 399 Å². The summed E-state index contributed by atoms with van der Waals surface area (Å²) in [5.74, 6) is 0. The summed E-state index contributed by atoms with van der Waals surface area (Å²) in [7, 11) is 0. The van der Waals surface area contributed by atoms with Crippen LogP contribution in [0.2, 0.25) is 0 Å². The van der Waals surface area contributed by atoms with Gasteiger partial charge in [-0.25, -0.2) is 0 Å². The van der Waals surface area contributed by atoms with E-state index in [2.05, 4.69) is 254 Å². The van der Waals surface area contributed by atoms with Crippen LogP contribution in [0.1, 0.15) is 17.4 Å². The third-order valence-corrected chi connectivity index (χ3v) is 15.0. The minimum atomic E-state index is 1.09. The van der Waals surface area contributed by atoms with Gasteiger partial charge in [0.25, 0.3) is 0 Å². The minimum Gasteiger partial charge on any atom is -0.310 e. The number of rotatable bonds is 8. The molecule has 0 radical (unpaired) electrons. The molecular formula is C65H44N2S. The zero-order chi connectivity index (χ0) is 45.3. The van der Waals surface area contributed by atoms with E-state index in [-0.39, 0.29) is 0 Å². The van der Waals surface area contributed by atoms with Gasteiger partial charge in [0.05, 0.1) is 11.0 Å². The Morgan fingerprint density at radius 3 is 1.60 bits per heavy atom. The molecule has 11 aromatic carbocycles. The van der Waals surface area contributed by atoms with Gasteiger partial charge in [-0.1, -0.05) is 164 Å². The summed E-state index contributed by atoms with van der Waals surface area (Å²) >= 11 is 1.79. The molecule has 0 aliphatic carbocycles. The summed E-state index contributed by atoms with van der Waals surface area (Å²) in [6.45, 7) is 6.17. The van der Waals surface area contributed by atoms with Crippen molar-refractivity contribution in [3.63, 3.8) is 0 Å². The summed E-state index contributed by atoms with van der Waals surface area (Å²) in [5.41, 5.74) is 12.8. The lowest BCUT2D eigenvalue weighted by molar-refractivity contribution is 1.19. The molecule has 0 atom stereocenters. The van der Waals surface area contributed by atoms with Gasteiger partial charge in [-0.05, 0) is 157 Å². The fourth-order valence-corrected chi connectivity index (χ4v) is 11.7. The Bertz CT molecular complexity index is 4130. The van der Waals surface area contributed by atoms with Crippen molar-refractivity contribution in [3.05, 3.63) is 241 Å². The van der Waals surface area contributed by atoms with E-state index in [1.54, 1.807) is 11.3 Å². The van der Waals surface area contributed by atoms with E-state index in [4.69, 9.17) is 0 Å². The molecule has 2 aromatic heterocycles. The van der Waals surface area contributed by atoms with Crippen LogP contribution in [0, 0.1) is 0 Å². The first-order chi connectivity index (χ1) is 33.6. The first kappa shape index (κ1) is 39.8. The second kappa shape index (κ2) is 16.1. The highest BCUT2D eigenvalue weighted by atomic mass is 32.1. The van der Waals surface area contributed by atoms with Gasteiger partial charge >= 0.3 is 0 Å². The molecule has 0 unspecified atom stereocenters. The largest absolute Gasteiger partial charge is 0.310 e. The molecule has 2 nitrogen and oxygen atoms in total. The number of fused-ring (bicyclic) bond motifs is 11. The number of anilines is 3. The average molecular weight is 885 g/mol. The third-order valence-electron chi connectivity index (χ3n) is 13.8. The molecule has 0 aliphatic heterocycles. The van der Waals surface area contributed by atoms with Gasteiger partial charge in [-0.15, -0.1) is 11.3 Å². The molecule has 2 heterocycles. The van der Waals surface area contributed by atoms with Crippen LogP contribution >= 0.6 is 11.3 Å². The van der Waals surface area contributed by atoms with Crippen LogP contribution in [0.5, 0.6) is 0 Å². The summed E-state index contributed by atoms with van der Waals surface area (Å²) in [5, 5.41) is 13.8. The smallest absolute Gasteiger partial charge is 0.0541 e. The predicted octanol–water partition coefficient (Wildman–Crippen LogP) is 19.1. The lowest BCUT2D eigenvalue weighted by atomic mass is 9.94. The maximum atomic E-state index is 4.10. The maximum absolute atomic E-state index is 4.10. The number of para-hydroxylation sites is 1. The van der Waals surface area contributed by atoms with Crippen molar-refractivity contribution in [1.82, 2.24) is 4.57 Å². The van der Waals surface area contributed by atoms with E-state index in [1.165, 1.54) is 113 Å². The Morgan fingerprint density at radius 1 is 0.412 bits per heavy atom. The standard InChI is InChI=1S/C65H44N2S/c1-3-13-58-61-40-47(28-37-65(61)68-64(58)4-2)44-24-31-49(32-25-44)66(51-34-35-56-54-18-8-7-16-52(54)53-17-9-10-19-55(53)59(56)41-51)48-29-22-43(23-30-48)46-27-36-63-60(39-46)57-20-11-12-21-62(57)67(63)50-33-26-42-14-5-6-15-45(42)38-50/h3-41H,2H2,1H3/b13-3-. The topological polar surface area (TPSA) is 8.17 Å². The van der Waals surface area contributed by atoms with Gasteiger partial charge in [0.1, 0.15) is 0 Å². The van der Waals surface area contributed by atoms with Gasteiger partial charge in [0, 0.05) is 48.5 Å². The Kier molecular flexibility index (Phi) is 9.45. The van der Waals surface area contributed by atoms with Crippen LogP contribution in [0.15, 0.2) is 231 Å². The van der Waals surface area contributed by atoms with E-state index < -0.39 is 0 Å². The van der Waals surface area contributed by atoms with Crippen LogP contribution in [0.3, 0.4) is 0 Å². The molecule has 0 aliphatic rings. The van der Waals surface area contributed by atoms with E-state index in [1.807, 2.05) is 6.08 Å². The second-order valence-corrected chi connectivity index (χ2v) is 18.7. The van der Waals surface area contributed by atoms with Gasteiger partial charge in [-0.2, -0.15) is 0 Å². The number of aromatic nitrogens is 1. The fourth-order valence-electron chi connectivity index (χ4n) is 10.6. The van der Waals surface area contributed by atoms with Crippen molar-refractivity contribution in [2.45, 2.75) is 6.92 Å². The Balaban J connectivity index is 0.928. The van der Waals surface area contributed by atoms with Crippen LogP contribution in [-0.2, 0) is 0 Å². The van der Waals surface area contributed by atoms with Crippen molar-refractivity contribution in [1.29, 1.82) is 0 Å². The van der Waals surface area contributed by atoms with E-state index in [0.717, 1.165) is 17.1 Å². The number of hydrogen-bond donors (Lipinski definition) is 0. The molecule has 0 saturated carbocycles. The molecule has 0 N–H and O–H groups in total. The zero-order valence-corrected chi connectivity index (χ0v) is 38.3. The number of nitrogens with zero attached hydrogens (tertiary/aromatic N) is 2. The highest BCUT2D eigenvalue weighted by Gasteiger charge is 2.18. The van der Waals surface area contributed by atoms with E-state index >= 15 is 0 Å². The molecule has 3 heteroatoms. The van der Waals surface area contributed by atoms with Crippen molar-refractivity contribution in [2.75, 3.05) is 4.90 Å². The van der Waals surface area contributed by atoms with Crippen LogP contribution < -0.4 is 4.90 Å². The van der Waals surface area contributed by atoms with Gasteiger partial charge in [0.2, 0.25) is 0 Å². The number of allylic oxidation sites excluding steroid dienone is 1. The molecule has 13 rings (SSSR count). The number of benzene rings is 11. The Hall–Kier alpha value is -8.50. The van der Waals surface area contributed by atoms with Crippen LogP contribution in [0.4, 0.5) is 17.1 Å². The van der Waals surface area contributed by atoms with E-state index in [0.29, 0.717) is 0 Å². The molecule has 0 saturated heterocycles. The van der Waals surface area contributed by atoms with Gasteiger partial charge in [0.15, 0.2) is 0 Å². The van der Waals surface area contributed by atoms with Crippen molar-refractivity contribution < 1.29 is 0 Å². The summed E-state index contributed by atoms with van der Waals surface area (Å²) in [6.07, 6.45) is 6.28. The molecule has 13 aromatic rings. The summed E-state index contributed by atoms with van der Waals surface area (Å²) in [6, 6.07) is 80.7. The number of hydrogen-bond acceptors (Lipinski definition) is 2. The van der Waals surface area contributed by atoms with Crippen molar-refractivity contribution in [2.24, 2.45) is 0 Å². The van der Waals surface area contributed by atoms with Crippen molar-refractivity contribution >= 4 is 116 Å². The van der Waals surface area contributed by atoms with E-state index in [9.17, 15) is 0 Å². The fraction of sp³-hybridized carbons (Fsp3) is 0.0154. The minimum absolute atomic E-state index is 1.09. The van der Waals surface area contributed by atoms with Gasteiger partial charge in [-0.3, -0.25) is 0 Å². The normalized spacial score (nSPS) is 11.9. The zero-order valence-electron chi connectivity index (χ0n) is 37.5. The monoisotopic (exact) mass is 884 g/mol. The average Bonchev–Trinajstić information content (AvgIpc) is 3.93. The first-order valence-corrected chi connectivity index (χ1v) is 24.1. The van der Waals surface area contributed by atoms with Gasteiger partial charge < -0.3 is 9.47 Å². The summed E-state index contributed by atoms with van der Waals surface area (Å²) < 4.78 is 3.68. The highest BCUT2D eigenvalue weighted by molar-refractivity contribution is 7.20.